The number of anilines is 4. The van der Waals surface area contributed by atoms with Crippen LogP contribution in [0.25, 0.3) is 0 Å². The van der Waals surface area contributed by atoms with Crippen molar-refractivity contribution in [2.45, 2.75) is 99.7 Å². The first-order chi connectivity index (χ1) is 41.7. The number of nitrogens with zero attached hydrogens (tertiary/aromatic N) is 5. The third kappa shape index (κ3) is 14.4. The number of hydrogen-bond donors (Lipinski definition) is 12. The molecule has 0 spiro atoms. The summed E-state index contributed by atoms with van der Waals surface area (Å²) in [6.07, 6.45) is 11.6. The summed E-state index contributed by atoms with van der Waals surface area (Å²) >= 11 is 6.32. The van der Waals surface area contributed by atoms with E-state index < -0.39 is 5.41 Å². The summed E-state index contributed by atoms with van der Waals surface area (Å²) < 4.78 is 5.20. The third-order valence-electron chi connectivity index (χ3n) is 15.9. The molecule has 4 heterocycles. The van der Waals surface area contributed by atoms with Gasteiger partial charge >= 0.3 is 0 Å². The molecular formula is C64H69N17OS4. The van der Waals surface area contributed by atoms with Crippen LogP contribution in [-0.2, 0) is 55.8 Å². The lowest BCUT2D eigenvalue weighted by molar-refractivity contribution is 0.414. The molecule has 440 valence electrons. The van der Waals surface area contributed by atoms with E-state index in [0.29, 0.717) is 23.4 Å². The quantitative estimate of drug-likeness (QED) is 0.0448. The highest BCUT2D eigenvalue weighted by molar-refractivity contribution is 7.16. The maximum absolute atomic E-state index is 9.74. The van der Waals surface area contributed by atoms with Crippen LogP contribution in [0.3, 0.4) is 0 Å². The number of guanidine groups is 4. The maximum atomic E-state index is 9.74. The number of aromatic nitrogens is 4. The summed E-state index contributed by atoms with van der Waals surface area (Å²) in [4.78, 5) is 23.2. The first-order valence-corrected chi connectivity index (χ1v) is 31.6. The number of methoxy groups -OCH3 is 1. The molecule has 0 saturated carbocycles. The lowest BCUT2D eigenvalue weighted by atomic mass is 9.66. The number of aryl methyl sites for hydroxylation is 4. The Bertz CT molecular complexity index is 3800. The number of nitriles is 1. The second kappa shape index (κ2) is 27.4. The summed E-state index contributed by atoms with van der Waals surface area (Å²) in [6.45, 7) is 0. The lowest BCUT2D eigenvalue weighted by Crippen LogP contribution is -2.34. The van der Waals surface area contributed by atoms with Gasteiger partial charge in [0.1, 0.15) is 5.75 Å². The molecule has 18 nitrogen and oxygen atoms in total. The van der Waals surface area contributed by atoms with Gasteiger partial charge in [-0.25, -0.2) is 19.9 Å². The van der Waals surface area contributed by atoms with Crippen molar-refractivity contribution in [3.63, 3.8) is 0 Å². The lowest BCUT2D eigenvalue weighted by Gasteiger charge is -2.38. The molecule has 4 aliphatic rings. The van der Waals surface area contributed by atoms with E-state index in [1.807, 2.05) is 48.5 Å². The van der Waals surface area contributed by atoms with Gasteiger partial charge in [-0.2, -0.15) is 5.26 Å². The van der Waals surface area contributed by atoms with Crippen molar-refractivity contribution in [2.75, 3.05) is 28.4 Å². The van der Waals surface area contributed by atoms with Gasteiger partial charge in [-0.15, -0.1) is 45.3 Å². The fourth-order valence-electron chi connectivity index (χ4n) is 11.8. The Morgan fingerprint density at radius 1 is 0.512 bits per heavy atom. The molecule has 0 saturated heterocycles. The molecule has 4 aliphatic carbocycles. The number of fused-ring (bicyclic) bond motifs is 4. The molecule has 0 radical (unpaired) electrons. The van der Waals surface area contributed by atoms with Crippen LogP contribution in [0.5, 0.6) is 5.75 Å². The smallest absolute Gasteiger partial charge is 0.192 e. The Balaban J connectivity index is 0.000000128. The van der Waals surface area contributed by atoms with Gasteiger partial charge in [-0.05, 0) is 116 Å². The van der Waals surface area contributed by atoms with Crippen LogP contribution in [0.1, 0.15) is 114 Å². The van der Waals surface area contributed by atoms with Gasteiger partial charge in [0.2, 0.25) is 0 Å². The van der Waals surface area contributed by atoms with E-state index in [2.05, 4.69) is 144 Å². The fourth-order valence-corrected chi connectivity index (χ4v) is 16.2. The van der Waals surface area contributed by atoms with E-state index in [1.165, 1.54) is 54.6 Å². The van der Waals surface area contributed by atoms with Gasteiger partial charge in [0.05, 0.1) is 41.4 Å². The Hall–Kier alpha value is -9.01. The van der Waals surface area contributed by atoms with Crippen LogP contribution in [0.2, 0.25) is 0 Å². The summed E-state index contributed by atoms with van der Waals surface area (Å²) in [5, 5.41) is 53.0. The summed E-state index contributed by atoms with van der Waals surface area (Å²) in [5.74, 6) is 1.49. The van der Waals surface area contributed by atoms with Gasteiger partial charge in [-0.1, -0.05) is 133 Å². The van der Waals surface area contributed by atoms with Crippen molar-refractivity contribution >= 4 is 89.7 Å². The van der Waals surface area contributed by atoms with E-state index in [0.717, 1.165) is 119 Å². The maximum Gasteiger partial charge on any atom is 0.192 e. The van der Waals surface area contributed by atoms with Crippen LogP contribution >= 0.6 is 45.3 Å². The first-order valence-electron chi connectivity index (χ1n) is 28.4. The van der Waals surface area contributed by atoms with E-state index in [1.54, 1.807) is 41.1 Å². The third-order valence-corrected chi connectivity index (χ3v) is 20.0. The Morgan fingerprint density at radius 2 is 0.965 bits per heavy atom. The monoisotopic (exact) mass is 1220 g/mol. The number of ether oxygens (including phenoxy) is 1. The zero-order valence-electron chi connectivity index (χ0n) is 47.6. The number of thiazole rings is 4. The van der Waals surface area contributed by atoms with E-state index in [-0.39, 0.29) is 29.3 Å². The van der Waals surface area contributed by atoms with Crippen molar-refractivity contribution in [1.29, 1.82) is 26.9 Å². The molecule has 0 fully saturated rings. The van der Waals surface area contributed by atoms with Gasteiger partial charge in [0.15, 0.2) is 44.4 Å². The predicted molar refractivity (Wildman–Crippen MR) is 351 cm³/mol. The van der Waals surface area contributed by atoms with Crippen LogP contribution in [-0.4, -0.2) is 50.9 Å². The topological polar surface area (TPSA) is 332 Å². The van der Waals surface area contributed by atoms with Gasteiger partial charge < -0.3 is 48.9 Å². The minimum Gasteiger partial charge on any atom is -0.497 e. The van der Waals surface area contributed by atoms with Crippen LogP contribution < -0.4 is 48.9 Å². The number of rotatable bonds is 10. The average Bonchev–Trinajstić information content (AvgIpc) is 3.05. The normalized spacial score (nSPS) is 17.5. The molecule has 9 aromatic rings. The molecule has 13 rings (SSSR count). The van der Waals surface area contributed by atoms with Crippen molar-refractivity contribution in [2.24, 2.45) is 22.9 Å². The van der Waals surface area contributed by atoms with E-state index in [9.17, 15) is 5.26 Å². The van der Waals surface area contributed by atoms with Crippen molar-refractivity contribution < 1.29 is 4.74 Å². The fraction of sp³-hybridized carbons (Fsp3) is 0.266. The molecule has 0 aliphatic heterocycles. The molecule has 5 aromatic carbocycles. The largest absolute Gasteiger partial charge is 0.497 e. The molecule has 0 amide bonds. The van der Waals surface area contributed by atoms with Crippen molar-refractivity contribution in [1.82, 2.24) is 19.9 Å². The number of nitrogens with one attached hydrogen (secondary N) is 8. The zero-order chi connectivity index (χ0) is 60.2. The highest BCUT2D eigenvalue weighted by atomic mass is 32.1. The van der Waals surface area contributed by atoms with Crippen molar-refractivity contribution in [3.05, 3.63) is 216 Å². The SMILES string of the molecule is COc1ccc(C2CCc3nc(NC(=N)N)sc3C2)cc1.N#CC1(c2ccccc2)CCc2nc(NC(=N)N)sc2C1.N=C(N)Nc1nc2c(s1)CC(c1ccccc1)(c1ccccc1)CC2.N=C(N)Nc1nc2c(s1)CCCC2c1ccccc1. The van der Waals surface area contributed by atoms with Crippen molar-refractivity contribution in [3.8, 4) is 11.8 Å². The highest BCUT2D eigenvalue weighted by Crippen LogP contribution is 2.47. The Labute approximate surface area is 516 Å². The molecule has 22 heteroatoms. The minimum absolute atomic E-state index is 0.0322. The van der Waals surface area contributed by atoms with Crippen LogP contribution in [0.4, 0.5) is 20.5 Å². The van der Waals surface area contributed by atoms with E-state index in [4.69, 9.17) is 49.3 Å². The number of nitrogens with two attached hydrogens (primary N) is 4. The zero-order valence-corrected chi connectivity index (χ0v) is 50.8. The molecule has 3 atom stereocenters. The van der Waals surface area contributed by atoms with E-state index >= 15 is 0 Å². The summed E-state index contributed by atoms with van der Waals surface area (Å²) in [7, 11) is 1.68. The van der Waals surface area contributed by atoms with Gasteiger partial charge in [-0.3, -0.25) is 21.6 Å². The predicted octanol–water partition coefficient (Wildman–Crippen LogP) is 12.0. The molecule has 3 unspecified atom stereocenters. The molecular weight excluding hydrogens is 1150 g/mol. The minimum atomic E-state index is -0.478. The Kier molecular flexibility index (Phi) is 19.1. The second-order valence-electron chi connectivity index (χ2n) is 21.4. The molecule has 86 heavy (non-hydrogen) atoms. The summed E-state index contributed by atoms with van der Waals surface area (Å²) in [6, 6.07) is 52.8. The standard InChI is InChI=1S/C20H20N4S.C15H15N5S.C15H18N4OS.C14H16N4S/c21-18(22)24-19-23-16-11-12-20(13-17(16)25-19,14-7-3-1-4-8-14)15-9-5-2-6-10-15;16-9-15(10-4-2-1-3-5-10)7-6-11-12(8-15)21-14(19-11)20-13(17)18;1-20-11-5-2-9(3-6-11)10-4-7-12-13(8-10)21-15(18-12)19-14(16)17;15-13(16)18-14-17-12-10(7-4-8-11(12)19-14)9-5-2-1-3-6-9/h1-10H,11-13H2,(H4,21,22,23,24);1-5H,6-8H2,(H4,17,18,19,20);2-3,5-6,10H,4,7-8H2,1H3,(H4,16,17,18,19);1-3,5-6,10H,4,7-8H2,(H4,15,16,17,18). The summed E-state index contributed by atoms with van der Waals surface area (Å²) in [5.41, 5.74) is 31.9. The molecule has 4 aromatic heterocycles. The highest BCUT2D eigenvalue weighted by Gasteiger charge is 2.40. The first kappa shape index (κ1) is 60.1. The number of benzene rings is 5. The van der Waals surface area contributed by atoms with Crippen LogP contribution in [0.15, 0.2) is 146 Å². The second-order valence-corrected chi connectivity index (χ2v) is 25.8. The number of hydrogen-bond acceptors (Lipinski definition) is 14. The molecule has 16 N–H and O–H groups in total. The average molecular weight is 1220 g/mol. The van der Waals surface area contributed by atoms with Gasteiger partial charge in [0.25, 0.3) is 0 Å². The molecule has 0 bridgehead atoms. The Morgan fingerprint density at radius 3 is 1.48 bits per heavy atom. The van der Waals surface area contributed by atoms with Gasteiger partial charge in [0, 0.05) is 37.3 Å². The van der Waals surface area contributed by atoms with Crippen LogP contribution in [0, 0.1) is 33.0 Å².